The van der Waals surface area contributed by atoms with Crippen LogP contribution in [0.1, 0.15) is 51.5 Å². The Kier molecular flexibility index (Phi) is 8.70. The maximum absolute atomic E-state index is 13.7. The van der Waals surface area contributed by atoms with E-state index in [0.717, 1.165) is 24.9 Å². The van der Waals surface area contributed by atoms with Crippen LogP contribution >= 0.6 is 0 Å². The summed E-state index contributed by atoms with van der Waals surface area (Å²) in [7, 11) is 1.51. The van der Waals surface area contributed by atoms with Crippen molar-refractivity contribution in [1.82, 2.24) is 10.2 Å². The average molecular weight is 603 g/mol. The fourth-order valence-corrected chi connectivity index (χ4v) is 6.13. The maximum atomic E-state index is 13.7. The van der Waals surface area contributed by atoms with Crippen molar-refractivity contribution in [2.24, 2.45) is 4.99 Å². The van der Waals surface area contributed by atoms with E-state index in [4.69, 9.17) is 9.73 Å². The van der Waals surface area contributed by atoms with Gasteiger partial charge in [0.1, 0.15) is 5.75 Å². The molecule has 6 rings (SSSR count). The first-order chi connectivity index (χ1) is 21.9. The molecule has 228 valence electrons. The summed E-state index contributed by atoms with van der Waals surface area (Å²) in [6, 6.07) is 29.1. The topological polar surface area (TPSA) is 120 Å². The Morgan fingerprint density at radius 2 is 1.71 bits per heavy atom. The monoisotopic (exact) mass is 602 g/mol. The number of anilines is 1. The van der Waals surface area contributed by atoms with Gasteiger partial charge in [0.15, 0.2) is 6.04 Å². The molecular formula is C36H34N4O5. The fourth-order valence-electron chi connectivity index (χ4n) is 6.13. The number of rotatable bonds is 10. The molecule has 0 aliphatic carbocycles. The Balaban J connectivity index is 1.35. The third kappa shape index (κ3) is 6.34. The number of methoxy groups -OCH3 is 1. The van der Waals surface area contributed by atoms with Gasteiger partial charge in [0, 0.05) is 23.2 Å². The van der Waals surface area contributed by atoms with Gasteiger partial charge in [-0.2, -0.15) is 0 Å². The Morgan fingerprint density at radius 1 is 1.00 bits per heavy atom. The molecule has 3 unspecified atom stereocenters. The Morgan fingerprint density at radius 3 is 2.44 bits per heavy atom. The van der Waals surface area contributed by atoms with Crippen molar-refractivity contribution in [3.8, 4) is 5.75 Å². The highest BCUT2D eigenvalue weighted by Crippen LogP contribution is 2.33. The van der Waals surface area contributed by atoms with Crippen molar-refractivity contribution >= 4 is 29.2 Å². The number of hydrogen-bond acceptors (Lipinski definition) is 6. The predicted molar refractivity (Wildman–Crippen MR) is 172 cm³/mol. The first-order valence-electron chi connectivity index (χ1n) is 15.0. The molecule has 1 fully saturated rings. The number of aliphatic carboxylic acids is 1. The lowest BCUT2D eigenvalue weighted by Crippen LogP contribution is -2.39. The third-order valence-corrected chi connectivity index (χ3v) is 8.35. The van der Waals surface area contributed by atoms with Crippen LogP contribution in [0, 0.1) is 0 Å². The molecule has 3 N–H and O–H groups in total. The zero-order chi connectivity index (χ0) is 31.3. The van der Waals surface area contributed by atoms with Crippen molar-refractivity contribution in [3.05, 3.63) is 131 Å². The number of carboxylic acids is 1. The average Bonchev–Trinajstić information content (AvgIpc) is 3.66. The zero-order valence-corrected chi connectivity index (χ0v) is 24.9. The number of para-hydroxylation sites is 1. The van der Waals surface area contributed by atoms with Crippen molar-refractivity contribution in [2.45, 2.75) is 37.5 Å². The number of hydrogen-bond donors (Lipinski definition) is 3. The van der Waals surface area contributed by atoms with Crippen molar-refractivity contribution in [1.29, 1.82) is 0 Å². The van der Waals surface area contributed by atoms with Crippen LogP contribution in [-0.2, 0) is 16.1 Å². The van der Waals surface area contributed by atoms with Gasteiger partial charge in [-0.05, 0) is 48.7 Å². The molecule has 1 saturated heterocycles. The van der Waals surface area contributed by atoms with Crippen molar-refractivity contribution in [3.63, 3.8) is 0 Å². The summed E-state index contributed by atoms with van der Waals surface area (Å²) >= 11 is 0. The molecule has 0 aromatic heterocycles. The minimum atomic E-state index is -1.35. The summed E-state index contributed by atoms with van der Waals surface area (Å²) in [4.78, 5) is 46.4. The first kappa shape index (κ1) is 29.8. The molecule has 9 nitrogen and oxygen atoms in total. The highest BCUT2D eigenvalue weighted by molar-refractivity contribution is 6.18. The van der Waals surface area contributed by atoms with Crippen molar-refractivity contribution in [2.75, 3.05) is 19.0 Å². The number of carbonyl (C=O) groups excluding carboxylic acids is 2. The van der Waals surface area contributed by atoms with E-state index in [0.29, 0.717) is 45.9 Å². The minimum Gasteiger partial charge on any atom is -0.497 e. The molecule has 2 amide bonds. The van der Waals surface area contributed by atoms with Crippen LogP contribution in [0.3, 0.4) is 0 Å². The second-order valence-electron chi connectivity index (χ2n) is 11.2. The Bertz CT molecular complexity index is 1740. The molecule has 0 radical (unpaired) electrons. The smallest absolute Gasteiger partial charge is 0.330 e. The lowest BCUT2D eigenvalue weighted by molar-refractivity contribution is -0.139. The molecule has 0 saturated carbocycles. The van der Waals surface area contributed by atoms with Crippen LogP contribution < -0.4 is 15.4 Å². The van der Waals surface area contributed by atoms with Gasteiger partial charge in [-0.1, -0.05) is 84.9 Å². The highest BCUT2D eigenvalue weighted by atomic mass is 16.5. The van der Waals surface area contributed by atoms with Crippen LogP contribution in [0.5, 0.6) is 5.75 Å². The standard InChI is InChI=1S/C36H34N4O5/c1-45-25-18-19-26-28(21-25)34(41)39-32(26)33(36(43)44)38-31(24-13-6-3-7-14-24)27-15-8-9-16-29(27)37-35(42)30-17-10-20-40(30)22-23-11-4-2-5-12-23/h2-9,11-16,18-19,21,30,32-33H,10,17,20,22H2,1H3,(H,37,42)(H,39,41)(H,43,44). The van der Waals surface area contributed by atoms with E-state index in [1.54, 1.807) is 24.3 Å². The lowest BCUT2D eigenvalue weighted by atomic mass is 9.96. The van der Waals surface area contributed by atoms with Crippen LogP contribution in [-0.4, -0.2) is 59.2 Å². The van der Waals surface area contributed by atoms with Gasteiger partial charge < -0.3 is 20.5 Å². The summed E-state index contributed by atoms with van der Waals surface area (Å²) in [5.74, 6) is -1.20. The van der Waals surface area contributed by atoms with Crippen LogP contribution in [0.2, 0.25) is 0 Å². The van der Waals surface area contributed by atoms with E-state index in [9.17, 15) is 19.5 Å². The Labute approximate surface area is 261 Å². The quantitative estimate of drug-likeness (QED) is 0.218. The second-order valence-corrected chi connectivity index (χ2v) is 11.2. The van der Waals surface area contributed by atoms with E-state index >= 15 is 0 Å². The van der Waals surface area contributed by atoms with Gasteiger partial charge >= 0.3 is 5.97 Å². The number of carboxylic acid groups (broad SMARTS) is 1. The number of nitrogens with zero attached hydrogens (tertiary/aromatic N) is 2. The van der Waals surface area contributed by atoms with Gasteiger partial charge in [0.2, 0.25) is 5.91 Å². The molecule has 9 heteroatoms. The molecule has 3 atom stereocenters. The highest BCUT2D eigenvalue weighted by Gasteiger charge is 2.39. The van der Waals surface area contributed by atoms with Gasteiger partial charge in [-0.3, -0.25) is 19.5 Å². The molecule has 0 spiro atoms. The minimum absolute atomic E-state index is 0.121. The largest absolute Gasteiger partial charge is 0.497 e. The number of aliphatic imine (C=N–C) groups is 1. The zero-order valence-electron chi connectivity index (χ0n) is 24.9. The van der Waals surface area contributed by atoms with Crippen LogP contribution in [0.15, 0.2) is 108 Å². The molecule has 45 heavy (non-hydrogen) atoms. The summed E-state index contributed by atoms with van der Waals surface area (Å²) in [5.41, 5.74) is 4.21. The van der Waals surface area contributed by atoms with Gasteiger partial charge in [0.25, 0.3) is 5.91 Å². The first-order valence-corrected chi connectivity index (χ1v) is 15.0. The molecule has 2 heterocycles. The van der Waals surface area contributed by atoms with E-state index in [2.05, 4.69) is 27.7 Å². The summed E-state index contributed by atoms with van der Waals surface area (Å²) in [5, 5.41) is 16.4. The Hall–Kier alpha value is -5.28. The predicted octanol–water partition coefficient (Wildman–Crippen LogP) is 5.07. The summed E-state index contributed by atoms with van der Waals surface area (Å²) < 4.78 is 5.27. The number of carbonyl (C=O) groups is 3. The number of benzene rings is 4. The van der Waals surface area contributed by atoms with E-state index in [1.165, 1.54) is 7.11 Å². The lowest BCUT2D eigenvalue weighted by Gasteiger charge is -2.25. The van der Waals surface area contributed by atoms with E-state index in [-0.39, 0.29) is 17.9 Å². The van der Waals surface area contributed by atoms with E-state index < -0.39 is 18.1 Å². The number of fused-ring (bicyclic) bond motifs is 1. The summed E-state index contributed by atoms with van der Waals surface area (Å²) in [6.07, 6.45) is 1.66. The third-order valence-electron chi connectivity index (χ3n) is 8.35. The summed E-state index contributed by atoms with van der Waals surface area (Å²) in [6.45, 7) is 1.50. The molecular weight excluding hydrogens is 568 g/mol. The van der Waals surface area contributed by atoms with Crippen molar-refractivity contribution < 1.29 is 24.2 Å². The van der Waals surface area contributed by atoms with Gasteiger partial charge in [-0.25, -0.2) is 4.79 Å². The number of nitrogens with one attached hydrogen (secondary N) is 2. The molecule has 4 aromatic rings. The normalized spacial score (nSPS) is 18.6. The molecule has 4 aromatic carbocycles. The fraction of sp³-hybridized carbons (Fsp3) is 0.222. The van der Waals surface area contributed by atoms with Gasteiger partial charge in [0.05, 0.1) is 30.6 Å². The maximum Gasteiger partial charge on any atom is 0.330 e. The number of ether oxygens (including phenoxy) is 1. The molecule has 0 bridgehead atoms. The SMILES string of the molecule is COc1ccc2c(c1)C(=O)NC2C(N=C(c1ccccc1)c1ccccc1NC(=O)C1CCCN1Cc1ccccc1)C(=O)O. The van der Waals surface area contributed by atoms with Gasteiger partial charge in [-0.15, -0.1) is 0 Å². The number of likely N-dealkylation sites (tertiary alicyclic amines) is 1. The van der Waals surface area contributed by atoms with E-state index in [1.807, 2.05) is 66.7 Å². The number of amides is 2. The molecule has 2 aliphatic heterocycles. The van der Waals surface area contributed by atoms with Crippen LogP contribution in [0.4, 0.5) is 5.69 Å². The second kappa shape index (κ2) is 13.2. The van der Waals surface area contributed by atoms with Crippen LogP contribution in [0.25, 0.3) is 0 Å². The molecule has 2 aliphatic rings.